The van der Waals surface area contributed by atoms with Crippen molar-refractivity contribution in [1.82, 2.24) is 15.4 Å². The first-order chi connectivity index (χ1) is 13.2. The minimum atomic E-state index is -0.148. The van der Waals surface area contributed by atoms with E-state index in [4.69, 9.17) is 4.98 Å². The highest BCUT2D eigenvalue weighted by atomic mass is 16.5. The zero-order valence-electron chi connectivity index (χ0n) is 15.4. The number of aryl methyl sites for hydroxylation is 1. The Bertz CT molecular complexity index is 896. The molecule has 0 bridgehead atoms. The molecule has 2 unspecified atom stereocenters. The molecule has 27 heavy (non-hydrogen) atoms. The Hall–Kier alpha value is -2.76. The van der Waals surface area contributed by atoms with Gasteiger partial charge in [0, 0.05) is 18.3 Å². The lowest BCUT2D eigenvalue weighted by Crippen LogP contribution is -2.27. The zero-order valence-corrected chi connectivity index (χ0v) is 15.4. The summed E-state index contributed by atoms with van der Waals surface area (Å²) in [4.78, 5) is 9.19. The fourth-order valence-corrected chi connectivity index (χ4v) is 3.68. The molecule has 1 aliphatic carbocycles. The number of aromatic nitrogens is 2. The molecule has 0 radical (unpaired) electrons. The highest BCUT2D eigenvalue weighted by Crippen LogP contribution is 2.37. The first-order valence-corrected chi connectivity index (χ1v) is 9.32. The van der Waals surface area contributed by atoms with Crippen molar-refractivity contribution in [2.75, 3.05) is 5.32 Å². The number of benzene rings is 2. The van der Waals surface area contributed by atoms with Gasteiger partial charge in [-0.1, -0.05) is 60.2 Å². The summed E-state index contributed by atoms with van der Waals surface area (Å²) in [5, 5.41) is 12.9. The van der Waals surface area contributed by atoms with Gasteiger partial charge < -0.3 is 10.5 Å². The molecule has 3 N–H and O–H groups in total. The third-order valence-corrected chi connectivity index (χ3v) is 5.23. The zero-order chi connectivity index (χ0) is 18.6. The van der Waals surface area contributed by atoms with Crippen LogP contribution in [0.5, 0.6) is 0 Å². The molecule has 0 amide bonds. The van der Waals surface area contributed by atoms with Gasteiger partial charge >= 0.3 is 0 Å². The summed E-state index contributed by atoms with van der Waals surface area (Å²) >= 11 is 0. The Morgan fingerprint density at radius 3 is 2.59 bits per heavy atom. The predicted octanol–water partition coefficient (Wildman–Crippen LogP) is 4.15. The van der Waals surface area contributed by atoms with Gasteiger partial charge in [-0.05, 0) is 36.8 Å². The van der Waals surface area contributed by atoms with E-state index in [2.05, 4.69) is 71.2 Å². The summed E-state index contributed by atoms with van der Waals surface area (Å²) in [6, 6.07) is 18.7. The Morgan fingerprint density at radius 1 is 1.07 bits per heavy atom. The average molecular weight is 360 g/mol. The van der Waals surface area contributed by atoms with Crippen LogP contribution in [0, 0.1) is 6.92 Å². The Morgan fingerprint density at radius 2 is 1.85 bits per heavy atom. The van der Waals surface area contributed by atoms with E-state index in [9.17, 15) is 5.21 Å². The molecule has 138 valence electrons. The van der Waals surface area contributed by atoms with E-state index in [1.54, 1.807) is 0 Å². The third-order valence-electron chi connectivity index (χ3n) is 5.23. The monoisotopic (exact) mass is 360 g/mol. The van der Waals surface area contributed by atoms with Crippen LogP contribution in [-0.4, -0.2) is 15.2 Å². The molecule has 4 rings (SSSR count). The number of nitrogens with zero attached hydrogens (tertiary/aromatic N) is 2. The van der Waals surface area contributed by atoms with Gasteiger partial charge in [0.25, 0.3) is 0 Å². The van der Waals surface area contributed by atoms with Crippen molar-refractivity contribution in [1.29, 1.82) is 0 Å². The number of hydrogen-bond acceptors (Lipinski definition) is 5. The van der Waals surface area contributed by atoms with Crippen molar-refractivity contribution >= 4 is 5.95 Å². The van der Waals surface area contributed by atoms with Gasteiger partial charge in [0.05, 0.1) is 11.7 Å². The molecule has 0 saturated carbocycles. The molecule has 0 spiro atoms. The minimum Gasteiger partial charge on any atom is -0.350 e. The molecule has 1 aromatic heterocycles. The van der Waals surface area contributed by atoms with Gasteiger partial charge in [-0.2, -0.15) is 5.48 Å². The Kier molecular flexibility index (Phi) is 5.14. The lowest BCUT2D eigenvalue weighted by atomic mass is 9.80. The SMILES string of the molecule is Cc1ccc(CNc2ncc3c(n2)CC(c2ccccc2)CC3NO)cc1. The molecular weight excluding hydrogens is 336 g/mol. The van der Waals surface area contributed by atoms with Gasteiger partial charge in [0.1, 0.15) is 0 Å². The number of rotatable bonds is 5. The van der Waals surface area contributed by atoms with Crippen molar-refractivity contribution in [2.24, 2.45) is 0 Å². The summed E-state index contributed by atoms with van der Waals surface area (Å²) < 4.78 is 0. The van der Waals surface area contributed by atoms with Crippen LogP contribution in [0.1, 0.15) is 46.3 Å². The number of nitrogens with one attached hydrogen (secondary N) is 2. The second kappa shape index (κ2) is 7.86. The van der Waals surface area contributed by atoms with Gasteiger partial charge in [-0.15, -0.1) is 0 Å². The summed E-state index contributed by atoms with van der Waals surface area (Å²) in [5.41, 5.74) is 8.12. The first kappa shape index (κ1) is 17.6. The summed E-state index contributed by atoms with van der Waals surface area (Å²) in [6.45, 7) is 2.77. The third kappa shape index (κ3) is 3.99. The van der Waals surface area contributed by atoms with E-state index in [0.29, 0.717) is 18.4 Å². The lowest BCUT2D eigenvalue weighted by molar-refractivity contribution is 0.113. The smallest absolute Gasteiger partial charge is 0.223 e. The molecule has 1 aliphatic rings. The number of hydrogen-bond donors (Lipinski definition) is 3. The van der Waals surface area contributed by atoms with E-state index in [1.165, 1.54) is 16.7 Å². The number of hydroxylamine groups is 1. The van der Waals surface area contributed by atoms with Crippen molar-refractivity contribution in [3.8, 4) is 0 Å². The van der Waals surface area contributed by atoms with E-state index in [1.807, 2.05) is 12.3 Å². The molecule has 5 heteroatoms. The highest BCUT2D eigenvalue weighted by molar-refractivity contribution is 5.37. The van der Waals surface area contributed by atoms with Crippen LogP contribution in [0.2, 0.25) is 0 Å². The summed E-state index contributed by atoms with van der Waals surface area (Å²) in [7, 11) is 0. The summed E-state index contributed by atoms with van der Waals surface area (Å²) in [5.74, 6) is 0.947. The van der Waals surface area contributed by atoms with Gasteiger partial charge in [0.15, 0.2) is 0 Å². The maximum absolute atomic E-state index is 9.63. The molecule has 2 aromatic carbocycles. The van der Waals surface area contributed by atoms with Crippen LogP contribution in [0.4, 0.5) is 5.95 Å². The molecule has 5 nitrogen and oxygen atoms in total. The predicted molar refractivity (Wildman–Crippen MR) is 106 cm³/mol. The molecule has 0 saturated heterocycles. The van der Waals surface area contributed by atoms with Crippen LogP contribution in [0.15, 0.2) is 60.8 Å². The van der Waals surface area contributed by atoms with Crippen molar-refractivity contribution in [3.05, 3.63) is 88.7 Å². The van der Waals surface area contributed by atoms with Crippen LogP contribution >= 0.6 is 0 Å². The quantitative estimate of drug-likeness (QED) is 0.597. The van der Waals surface area contributed by atoms with Crippen LogP contribution < -0.4 is 10.8 Å². The number of anilines is 1. The first-order valence-electron chi connectivity index (χ1n) is 9.32. The van der Waals surface area contributed by atoms with E-state index in [0.717, 1.165) is 24.1 Å². The van der Waals surface area contributed by atoms with Gasteiger partial charge in [-0.3, -0.25) is 0 Å². The second-order valence-corrected chi connectivity index (χ2v) is 7.16. The van der Waals surface area contributed by atoms with E-state index in [-0.39, 0.29) is 6.04 Å². The molecule has 1 heterocycles. The molecule has 0 fully saturated rings. The van der Waals surface area contributed by atoms with Crippen molar-refractivity contribution in [3.63, 3.8) is 0 Å². The standard InChI is InChI=1S/C22H24N4O/c1-15-7-9-16(10-8-15)13-23-22-24-14-19-20(25-22)11-18(12-21(19)26-27)17-5-3-2-4-6-17/h2-10,14,18,21,26-27H,11-13H2,1H3,(H,23,24,25). The molecule has 0 aliphatic heterocycles. The summed E-state index contributed by atoms with van der Waals surface area (Å²) in [6.07, 6.45) is 3.50. The fraction of sp³-hybridized carbons (Fsp3) is 0.273. The van der Waals surface area contributed by atoms with Crippen LogP contribution in [0.3, 0.4) is 0 Å². The van der Waals surface area contributed by atoms with Crippen molar-refractivity contribution in [2.45, 2.75) is 38.3 Å². The van der Waals surface area contributed by atoms with Crippen LogP contribution in [0.25, 0.3) is 0 Å². The van der Waals surface area contributed by atoms with Crippen LogP contribution in [-0.2, 0) is 13.0 Å². The Labute approximate surface area is 159 Å². The van der Waals surface area contributed by atoms with Crippen molar-refractivity contribution < 1.29 is 5.21 Å². The molecule has 2 atom stereocenters. The molecular formula is C22H24N4O. The van der Waals surface area contributed by atoms with Gasteiger partial charge in [0.2, 0.25) is 5.95 Å². The van der Waals surface area contributed by atoms with Gasteiger partial charge in [-0.25, -0.2) is 9.97 Å². The maximum atomic E-state index is 9.63. The fourth-order valence-electron chi connectivity index (χ4n) is 3.68. The lowest BCUT2D eigenvalue weighted by Gasteiger charge is -2.30. The molecule has 3 aromatic rings. The minimum absolute atomic E-state index is 0.148. The highest BCUT2D eigenvalue weighted by Gasteiger charge is 2.29. The largest absolute Gasteiger partial charge is 0.350 e. The maximum Gasteiger partial charge on any atom is 0.223 e. The number of fused-ring (bicyclic) bond motifs is 1. The normalized spacial score (nSPS) is 18.7. The average Bonchev–Trinajstić information content (AvgIpc) is 2.73. The Balaban J connectivity index is 1.53. The van der Waals surface area contributed by atoms with E-state index < -0.39 is 0 Å². The second-order valence-electron chi connectivity index (χ2n) is 7.16. The van der Waals surface area contributed by atoms with E-state index >= 15 is 0 Å². The topological polar surface area (TPSA) is 70.1 Å².